The molecule has 0 aromatic rings. The van der Waals surface area contributed by atoms with Crippen LogP contribution in [0.15, 0.2) is 23.8 Å². The van der Waals surface area contributed by atoms with Crippen molar-refractivity contribution in [2.45, 2.75) is 38.0 Å². The second-order valence-corrected chi connectivity index (χ2v) is 12.6. The van der Waals surface area contributed by atoms with Gasteiger partial charge >= 0.3 is 0 Å². The average Bonchev–Trinajstić information content (AvgIpc) is 2.95. The summed E-state index contributed by atoms with van der Waals surface area (Å²) in [6.07, 6.45) is 3.70. The van der Waals surface area contributed by atoms with Crippen LogP contribution in [0.2, 0.25) is 25.2 Å². The number of hydrogen-bond acceptors (Lipinski definition) is 2. The van der Waals surface area contributed by atoms with Gasteiger partial charge in [0.1, 0.15) is 0 Å². The Morgan fingerprint density at radius 1 is 1.32 bits per heavy atom. The highest BCUT2D eigenvalue weighted by Crippen LogP contribution is 2.60. The molecule has 2 aliphatic carbocycles. The SMILES string of the molecule is C=CCN1C(=O)C2=C3CC(C2C1=O)C([Si](C)(C)C)C3. The topological polar surface area (TPSA) is 37.4 Å². The van der Waals surface area contributed by atoms with E-state index in [1.54, 1.807) is 6.08 Å². The van der Waals surface area contributed by atoms with E-state index in [0.717, 1.165) is 18.4 Å². The molecule has 0 aromatic heterocycles. The second kappa shape index (κ2) is 3.92. The molecular weight excluding hydrogens is 254 g/mol. The summed E-state index contributed by atoms with van der Waals surface area (Å²) in [7, 11) is -1.27. The summed E-state index contributed by atoms with van der Waals surface area (Å²) in [4.78, 5) is 26.2. The summed E-state index contributed by atoms with van der Waals surface area (Å²) < 4.78 is 0. The highest BCUT2D eigenvalue weighted by atomic mass is 28.3. The van der Waals surface area contributed by atoms with E-state index in [4.69, 9.17) is 0 Å². The van der Waals surface area contributed by atoms with Gasteiger partial charge in [0.15, 0.2) is 0 Å². The van der Waals surface area contributed by atoms with Crippen molar-refractivity contribution < 1.29 is 9.59 Å². The zero-order valence-corrected chi connectivity index (χ0v) is 12.9. The third-order valence-corrected chi connectivity index (χ3v) is 7.87. The Labute approximate surface area is 115 Å². The number of imide groups is 1. The Balaban J connectivity index is 1.98. The van der Waals surface area contributed by atoms with Crippen LogP contribution >= 0.6 is 0 Å². The summed E-state index contributed by atoms with van der Waals surface area (Å²) >= 11 is 0. The van der Waals surface area contributed by atoms with E-state index in [1.807, 2.05) is 0 Å². The zero-order valence-electron chi connectivity index (χ0n) is 11.9. The van der Waals surface area contributed by atoms with Crippen molar-refractivity contribution in [3.05, 3.63) is 23.8 Å². The lowest BCUT2D eigenvalue weighted by Gasteiger charge is -2.34. The lowest BCUT2D eigenvalue weighted by Crippen LogP contribution is -2.37. The Kier molecular flexibility index (Phi) is 2.65. The van der Waals surface area contributed by atoms with E-state index in [9.17, 15) is 9.59 Å². The smallest absolute Gasteiger partial charge is 0.257 e. The van der Waals surface area contributed by atoms with Crippen molar-refractivity contribution >= 4 is 19.9 Å². The van der Waals surface area contributed by atoms with Gasteiger partial charge in [0.05, 0.1) is 5.92 Å². The number of likely N-dealkylation sites (tertiary alicyclic amines) is 1. The molecule has 0 spiro atoms. The molecule has 2 amide bonds. The molecule has 2 bridgehead atoms. The van der Waals surface area contributed by atoms with Crippen molar-refractivity contribution in [2.75, 3.05) is 6.54 Å². The van der Waals surface area contributed by atoms with E-state index < -0.39 is 8.07 Å². The second-order valence-electron chi connectivity index (χ2n) is 7.08. The first-order valence-corrected chi connectivity index (χ1v) is 10.6. The molecule has 3 atom stereocenters. The van der Waals surface area contributed by atoms with Gasteiger partial charge in [-0.05, 0) is 24.3 Å². The first-order valence-electron chi connectivity index (χ1n) is 7.04. The molecule has 3 rings (SSSR count). The molecule has 1 aliphatic heterocycles. The highest BCUT2D eigenvalue weighted by Gasteiger charge is 2.58. The van der Waals surface area contributed by atoms with E-state index in [0.29, 0.717) is 18.0 Å². The van der Waals surface area contributed by atoms with Gasteiger partial charge in [-0.2, -0.15) is 0 Å². The van der Waals surface area contributed by atoms with Gasteiger partial charge in [0.2, 0.25) is 5.91 Å². The summed E-state index contributed by atoms with van der Waals surface area (Å²) in [6.45, 7) is 11.1. The van der Waals surface area contributed by atoms with Crippen LogP contribution in [0.1, 0.15) is 12.8 Å². The van der Waals surface area contributed by atoms with Gasteiger partial charge in [-0.25, -0.2) is 0 Å². The molecule has 3 unspecified atom stereocenters. The first-order chi connectivity index (χ1) is 8.86. The number of allylic oxidation sites excluding steroid dienone is 1. The third-order valence-electron chi connectivity index (χ3n) is 5.02. The van der Waals surface area contributed by atoms with Gasteiger partial charge in [-0.15, -0.1) is 6.58 Å². The van der Waals surface area contributed by atoms with Crippen molar-refractivity contribution in [1.82, 2.24) is 4.90 Å². The fraction of sp³-hybridized carbons (Fsp3) is 0.600. The lowest BCUT2D eigenvalue weighted by atomic mass is 9.87. The maximum atomic E-state index is 12.5. The van der Waals surface area contributed by atoms with E-state index in [-0.39, 0.29) is 17.7 Å². The molecule has 0 radical (unpaired) electrons. The number of fused-ring (bicyclic) bond motifs is 4. The van der Waals surface area contributed by atoms with Crippen molar-refractivity contribution in [3.63, 3.8) is 0 Å². The monoisotopic (exact) mass is 275 g/mol. The molecule has 3 aliphatic rings. The Hall–Kier alpha value is -1.16. The minimum Gasteiger partial charge on any atom is -0.274 e. The molecule has 19 heavy (non-hydrogen) atoms. The molecule has 3 nitrogen and oxygen atoms in total. The number of carbonyl (C=O) groups excluding carboxylic acids is 2. The van der Waals surface area contributed by atoms with Gasteiger partial charge in [-0.3, -0.25) is 14.5 Å². The molecule has 0 N–H and O–H groups in total. The van der Waals surface area contributed by atoms with Crippen LogP contribution in [0, 0.1) is 11.8 Å². The zero-order chi connectivity index (χ0) is 13.9. The van der Waals surface area contributed by atoms with Crippen LogP contribution < -0.4 is 0 Å². The van der Waals surface area contributed by atoms with E-state index in [2.05, 4.69) is 26.2 Å². The van der Waals surface area contributed by atoms with E-state index in [1.165, 1.54) is 10.5 Å². The third kappa shape index (κ3) is 1.62. The van der Waals surface area contributed by atoms with E-state index >= 15 is 0 Å². The fourth-order valence-electron chi connectivity index (χ4n) is 4.19. The van der Waals surface area contributed by atoms with Gasteiger partial charge in [0.25, 0.3) is 5.91 Å². The number of carbonyl (C=O) groups is 2. The molecule has 1 heterocycles. The number of rotatable bonds is 3. The summed E-state index contributed by atoms with van der Waals surface area (Å²) in [6, 6.07) is 0. The van der Waals surface area contributed by atoms with Crippen molar-refractivity contribution in [3.8, 4) is 0 Å². The molecule has 0 aromatic carbocycles. The standard InChI is InChI=1S/C15H21NO2Si/c1-5-6-16-14(17)12-9-7-10(13(12)15(16)18)11(8-9)19(2,3)4/h5,10-11,13H,1,6-8H2,2-4H3. The lowest BCUT2D eigenvalue weighted by molar-refractivity contribution is -0.138. The predicted octanol–water partition coefficient (Wildman–Crippen LogP) is 2.59. The number of hydrogen-bond donors (Lipinski definition) is 0. The summed E-state index contributed by atoms with van der Waals surface area (Å²) in [5.41, 5.74) is 2.80. The molecule has 102 valence electrons. The molecule has 2 fully saturated rings. The Morgan fingerprint density at radius 2 is 2.00 bits per heavy atom. The fourth-order valence-corrected chi connectivity index (χ4v) is 6.64. The molecule has 1 saturated carbocycles. The first kappa shape index (κ1) is 12.8. The minimum atomic E-state index is -1.27. The van der Waals surface area contributed by atoms with Gasteiger partial charge in [-0.1, -0.05) is 31.3 Å². The van der Waals surface area contributed by atoms with Crippen LogP contribution in [-0.2, 0) is 9.59 Å². The van der Waals surface area contributed by atoms with Crippen LogP contribution in [0.4, 0.5) is 0 Å². The molecule has 4 heteroatoms. The number of nitrogens with zero attached hydrogens (tertiary/aromatic N) is 1. The maximum absolute atomic E-state index is 12.5. The van der Waals surface area contributed by atoms with Crippen LogP contribution in [0.25, 0.3) is 0 Å². The maximum Gasteiger partial charge on any atom is 0.257 e. The molecular formula is C15H21NO2Si. The highest BCUT2D eigenvalue weighted by molar-refractivity contribution is 6.77. The van der Waals surface area contributed by atoms with Crippen molar-refractivity contribution in [1.29, 1.82) is 0 Å². The quantitative estimate of drug-likeness (QED) is 0.451. The van der Waals surface area contributed by atoms with Crippen molar-refractivity contribution in [2.24, 2.45) is 11.8 Å². The average molecular weight is 275 g/mol. The summed E-state index contributed by atoms with van der Waals surface area (Å²) in [5, 5.41) is 0. The van der Waals surface area contributed by atoms with Crippen LogP contribution in [0.5, 0.6) is 0 Å². The minimum absolute atomic E-state index is 0.0304. The van der Waals surface area contributed by atoms with Gasteiger partial charge < -0.3 is 0 Å². The predicted molar refractivity (Wildman–Crippen MR) is 77.3 cm³/mol. The molecule has 1 saturated heterocycles. The number of amides is 2. The normalized spacial score (nSPS) is 33.4. The van der Waals surface area contributed by atoms with Crippen LogP contribution in [-0.4, -0.2) is 31.3 Å². The van der Waals surface area contributed by atoms with Gasteiger partial charge in [0, 0.05) is 20.2 Å². The largest absolute Gasteiger partial charge is 0.274 e. The Bertz CT molecular complexity index is 515. The summed E-state index contributed by atoms with van der Waals surface area (Å²) in [5.74, 6) is 0.278. The van der Waals surface area contributed by atoms with Crippen LogP contribution in [0.3, 0.4) is 0 Å². The Morgan fingerprint density at radius 3 is 2.58 bits per heavy atom.